The van der Waals surface area contributed by atoms with Crippen LogP contribution in [0.3, 0.4) is 0 Å². The van der Waals surface area contributed by atoms with Crippen LogP contribution in [-0.2, 0) is 67.4 Å². The van der Waals surface area contributed by atoms with Gasteiger partial charge in [-0.2, -0.15) is 9.90 Å². The summed E-state index contributed by atoms with van der Waals surface area (Å²) in [5.74, 6) is 0. The summed E-state index contributed by atoms with van der Waals surface area (Å²) in [4.78, 5) is 0. The summed E-state index contributed by atoms with van der Waals surface area (Å²) < 4.78 is 0. The Labute approximate surface area is 95.0 Å². The van der Waals surface area contributed by atoms with E-state index >= 15 is 0 Å². The molecule has 0 saturated heterocycles. The quantitative estimate of drug-likeness (QED) is 0.407. The third-order valence-corrected chi connectivity index (χ3v) is 0. The normalized spacial score (nSPS) is 0. The van der Waals surface area contributed by atoms with Crippen LogP contribution in [0.15, 0.2) is 0 Å². The zero-order valence-corrected chi connectivity index (χ0v) is 7.82. The van der Waals surface area contributed by atoms with Gasteiger partial charge in [-0.05, 0) is 0 Å². The first-order valence-corrected chi connectivity index (χ1v) is 0. The van der Waals surface area contributed by atoms with Gasteiger partial charge >= 0.3 is 18.9 Å². The second-order valence-corrected chi connectivity index (χ2v) is 0. The van der Waals surface area contributed by atoms with Crippen molar-refractivity contribution in [3.8, 4) is 0 Å². The monoisotopic (exact) mass is 270 g/mol. The van der Waals surface area contributed by atoms with Crippen LogP contribution in [0.2, 0.25) is 0 Å². The predicted octanol–water partition coefficient (Wildman–Crippen LogP) is -0.600. The van der Waals surface area contributed by atoms with E-state index in [1.54, 1.807) is 0 Å². The fourth-order valence-corrected chi connectivity index (χ4v) is 0. The minimum atomic E-state index is 0. The molecule has 1 atom stereocenters. The van der Waals surface area contributed by atoms with Crippen LogP contribution in [-0.4, -0.2) is 18.9 Å². The molecule has 0 nitrogen and oxygen atoms in total. The van der Waals surface area contributed by atoms with Gasteiger partial charge in [0.15, 0.2) is 0 Å². The maximum absolute atomic E-state index is 0. The summed E-state index contributed by atoms with van der Waals surface area (Å²) in [7, 11) is 0. The third kappa shape index (κ3) is 27.7. The summed E-state index contributed by atoms with van der Waals surface area (Å²) in [6, 6.07) is 0. The Kier molecular flexibility index (Phi) is 448. The molecule has 0 amide bonds. The molecule has 0 spiro atoms. The molecule has 0 fully saturated rings. The maximum Gasteiger partial charge on any atom is 0 e. The van der Waals surface area contributed by atoms with Gasteiger partial charge < -0.3 is 0 Å². The molecule has 0 N–H and O–H groups in total. The molecule has 0 rings (SSSR count). The minimum absolute atomic E-state index is 0. The Morgan fingerprint density at radius 2 is 1.00 bits per heavy atom. The zero-order valence-electron chi connectivity index (χ0n) is 2.09. The molecule has 0 aromatic heterocycles. The Hall–Kier alpha value is 3.07. The second kappa shape index (κ2) is 42.8. The van der Waals surface area contributed by atoms with Gasteiger partial charge in [0.05, 0.1) is 0 Å². The average Bonchev–Trinajstić information content (AvgIpc) is 0. The van der Waals surface area contributed by atoms with Gasteiger partial charge in [-0.3, -0.25) is 0 Å². The van der Waals surface area contributed by atoms with Gasteiger partial charge in [0.1, 0.15) is 0 Å². The van der Waals surface area contributed by atoms with Gasteiger partial charge in [0.25, 0.3) is 0 Å². The van der Waals surface area contributed by atoms with E-state index < -0.39 is 0 Å². The molecule has 1 unspecified atom stereocenters. The number of rotatable bonds is 0. The molecule has 0 aliphatic rings. The van der Waals surface area contributed by atoms with Gasteiger partial charge in [-0.25, -0.2) is 0 Å². The first-order valence-electron chi connectivity index (χ1n) is 0. The van der Waals surface area contributed by atoms with Crippen LogP contribution < -0.4 is 0 Å². The predicted molar refractivity (Wildman–Crippen MR) is 18.3 cm³/mol. The van der Waals surface area contributed by atoms with Gasteiger partial charge in [-0.1, -0.05) is 0 Å². The molecule has 0 aliphatic carbocycles. The van der Waals surface area contributed by atoms with Gasteiger partial charge in [0, 0.05) is 67.4 Å². The minimum Gasteiger partial charge on any atom is 0 e. The van der Waals surface area contributed by atoms with Crippen molar-refractivity contribution in [2.45, 2.75) is 0 Å². The summed E-state index contributed by atoms with van der Waals surface area (Å²) in [5.41, 5.74) is 0. The van der Waals surface area contributed by atoms with Crippen molar-refractivity contribution in [1.29, 1.82) is 0 Å². The summed E-state index contributed by atoms with van der Waals surface area (Å²) in [6.45, 7) is 0. The van der Waals surface area contributed by atoms with Crippen LogP contribution in [0, 0.1) is 0 Å². The molecular weight excluding hydrogens is 266 g/mol. The van der Waals surface area contributed by atoms with Crippen molar-refractivity contribution in [2.24, 2.45) is 0 Å². The van der Waals surface area contributed by atoms with Crippen molar-refractivity contribution in [1.82, 2.24) is 0 Å². The van der Waals surface area contributed by atoms with Crippen molar-refractivity contribution in [2.75, 3.05) is 0 Å². The first kappa shape index (κ1) is 62.7. The maximum atomic E-state index is 0. The van der Waals surface area contributed by atoms with E-state index in [1.165, 1.54) is 0 Å². The van der Waals surface area contributed by atoms with E-state index in [2.05, 4.69) is 0 Å². The Balaban J connectivity index is 0. The van der Waals surface area contributed by atoms with E-state index in [9.17, 15) is 0 Å². The first-order chi connectivity index (χ1) is 0. The molecule has 0 bridgehead atoms. The molecule has 0 aliphatic heterocycles. The largest absolute Gasteiger partial charge is 0 e. The molecule has 44 valence electrons. The Bertz CT molecular complexity index is 15.5. The van der Waals surface area contributed by atoms with Crippen LogP contribution >= 0.6 is 9.90 Å². The molecular formula is H4CoFeLiMnNiP. The molecule has 0 saturated carbocycles. The van der Waals surface area contributed by atoms with E-state index in [4.69, 9.17) is 0 Å². The van der Waals surface area contributed by atoms with E-state index in [0.717, 1.165) is 0 Å². The molecule has 2 radical (unpaired) electrons. The van der Waals surface area contributed by atoms with Gasteiger partial charge in [-0.15, -0.1) is 0 Å². The van der Waals surface area contributed by atoms with Crippen molar-refractivity contribution < 1.29 is 67.4 Å². The standard InChI is InChI=1S/Co.Fe.Li.Mn.Ni.H3P.H/h;;;;;1H3;. The van der Waals surface area contributed by atoms with Gasteiger partial charge in [0.2, 0.25) is 0 Å². The Morgan fingerprint density at radius 3 is 1.00 bits per heavy atom. The van der Waals surface area contributed by atoms with Crippen molar-refractivity contribution in [3.63, 3.8) is 0 Å². The van der Waals surface area contributed by atoms with Crippen LogP contribution in [0.1, 0.15) is 0 Å². The molecule has 0 aromatic rings. The van der Waals surface area contributed by atoms with Crippen molar-refractivity contribution in [3.05, 3.63) is 0 Å². The van der Waals surface area contributed by atoms with Crippen LogP contribution in [0.5, 0.6) is 0 Å². The third-order valence-electron chi connectivity index (χ3n) is 0. The molecule has 0 heterocycles. The number of hydrogen-bond donors (Lipinski definition) is 0. The number of hydrogen-bond acceptors (Lipinski definition) is 0. The van der Waals surface area contributed by atoms with E-state index in [1.807, 2.05) is 0 Å². The topological polar surface area (TPSA) is 0 Å². The van der Waals surface area contributed by atoms with E-state index in [-0.39, 0.29) is 96.2 Å². The zero-order chi connectivity index (χ0) is 0. The summed E-state index contributed by atoms with van der Waals surface area (Å²) >= 11 is 0. The van der Waals surface area contributed by atoms with Crippen LogP contribution in [0.4, 0.5) is 0 Å². The van der Waals surface area contributed by atoms with Crippen LogP contribution in [0.25, 0.3) is 0 Å². The molecule has 6 heavy (non-hydrogen) atoms. The molecule has 6 heteroatoms. The van der Waals surface area contributed by atoms with Crippen molar-refractivity contribution >= 4 is 28.8 Å². The van der Waals surface area contributed by atoms with E-state index in [0.29, 0.717) is 0 Å². The fraction of sp³-hybridized carbons (Fsp3) is 0. The molecule has 0 aromatic carbocycles. The summed E-state index contributed by atoms with van der Waals surface area (Å²) in [6.07, 6.45) is 0. The SMILES string of the molecule is P.[Co].[Fe].[LiH].[Mn].[Ni]. The second-order valence-electron chi connectivity index (χ2n) is 0. The fourth-order valence-electron chi connectivity index (χ4n) is 0. The Morgan fingerprint density at radius 1 is 1.00 bits per heavy atom. The average molecular weight is 270 g/mol. The smallest absolute Gasteiger partial charge is 0 e. The summed E-state index contributed by atoms with van der Waals surface area (Å²) in [5, 5.41) is 0.